The normalized spacial score (nSPS) is 13.0. The summed E-state index contributed by atoms with van der Waals surface area (Å²) >= 11 is 0. The van der Waals surface area contributed by atoms with E-state index < -0.39 is 0 Å². The largest absolute Gasteiger partial charge is 1.00 e. The summed E-state index contributed by atoms with van der Waals surface area (Å²) in [5.41, 5.74) is 0. The Morgan fingerprint density at radius 3 is 1.32 bits per heavy atom. The van der Waals surface area contributed by atoms with Crippen LogP contribution in [-0.4, -0.2) is 36.0 Å². The minimum atomic E-state index is -0.226. The van der Waals surface area contributed by atoms with Gasteiger partial charge in [-0.1, -0.05) is 65.2 Å². The van der Waals surface area contributed by atoms with Crippen molar-refractivity contribution in [2.45, 2.75) is 104 Å². The molecule has 0 bridgehead atoms. The van der Waals surface area contributed by atoms with E-state index in [0.717, 1.165) is 17.6 Å². The van der Waals surface area contributed by atoms with Gasteiger partial charge in [0.05, 0.1) is 20.1 Å². The van der Waals surface area contributed by atoms with Crippen LogP contribution in [0.3, 0.4) is 0 Å². The minimum absolute atomic E-state index is 0. The van der Waals surface area contributed by atoms with Crippen LogP contribution in [0.15, 0.2) is 0 Å². The van der Waals surface area contributed by atoms with Gasteiger partial charge >= 0.3 is 0 Å². The first kappa shape index (κ1) is 24.5. The summed E-state index contributed by atoms with van der Waals surface area (Å²) in [5.74, 6) is 0. The van der Waals surface area contributed by atoms with E-state index >= 15 is 0 Å². The van der Waals surface area contributed by atoms with Gasteiger partial charge in [-0.15, -0.1) is 0 Å². The maximum Gasteiger partial charge on any atom is 0.187 e. The van der Waals surface area contributed by atoms with Gasteiger partial charge in [-0.25, -0.2) is 0 Å². The Hall–Kier alpha value is 0.210. The summed E-state index contributed by atoms with van der Waals surface area (Å²) in [4.78, 5) is 0. The number of hydrogen-bond acceptors (Lipinski definition) is 1. The fourth-order valence-corrected chi connectivity index (χ4v) is 2.99. The molecule has 2 nitrogen and oxygen atoms in total. The van der Waals surface area contributed by atoms with Crippen molar-refractivity contribution in [3.8, 4) is 0 Å². The molecule has 1 N–H and O–H groups in total. The highest BCUT2D eigenvalue weighted by Gasteiger charge is 2.26. The lowest BCUT2D eigenvalue weighted by molar-refractivity contribution is -0.952. The lowest BCUT2D eigenvalue weighted by atomic mass is 10.1. The molecule has 136 valence electrons. The van der Waals surface area contributed by atoms with E-state index in [2.05, 4.69) is 20.9 Å². The first-order valence-corrected chi connectivity index (χ1v) is 9.59. The molecule has 0 amide bonds. The molecule has 0 aromatic heterocycles. The molecule has 0 spiro atoms. The van der Waals surface area contributed by atoms with Gasteiger partial charge in [0.1, 0.15) is 0 Å². The van der Waals surface area contributed by atoms with Gasteiger partial charge in [-0.3, -0.25) is 0 Å². The Bertz CT molecular complexity index is 205. The van der Waals surface area contributed by atoms with Crippen LogP contribution in [0.4, 0.5) is 0 Å². The molecular formula is C19H42ClNO. The van der Waals surface area contributed by atoms with Crippen LogP contribution >= 0.6 is 0 Å². The van der Waals surface area contributed by atoms with Crippen molar-refractivity contribution in [2.75, 3.05) is 20.1 Å². The smallest absolute Gasteiger partial charge is 0.187 e. The summed E-state index contributed by atoms with van der Waals surface area (Å²) in [6, 6.07) is 0. The first-order valence-electron chi connectivity index (χ1n) is 9.59. The number of unbranched alkanes of at least 4 members (excludes halogenated alkanes) is 10. The summed E-state index contributed by atoms with van der Waals surface area (Å²) in [6.07, 6.45) is 15.8. The van der Waals surface area contributed by atoms with Crippen LogP contribution in [0, 0.1) is 0 Å². The van der Waals surface area contributed by atoms with Crippen LogP contribution in [0.1, 0.15) is 97.8 Å². The van der Waals surface area contributed by atoms with E-state index in [1.54, 1.807) is 0 Å². The SMILES string of the molecule is CCCCCCCC[N+](C)(CCCCCCCC)C(C)O.[Cl-]. The fourth-order valence-electron chi connectivity index (χ4n) is 2.99. The van der Waals surface area contributed by atoms with Crippen molar-refractivity contribution in [1.29, 1.82) is 0 Å². The molecule has 0 saturated heterocycles. The van der Waals surface area contributed by atoms with Crippen LogP contribution in [-0.2, 0) is 0 Å². The lowest BCUT2D eigenvalue weighted by Crippen LogP contribution is -3.00. The molecule has 0 aliphatic rings. The summed E-state index contributed by atoms with van der Waals surface area (Å²) in [7, 11) is 2.24. The third-order valence-electron chi connectivity index (χ3n) is 4.95. The fraction of sp³-hybridized carbons (Fsp3) is 1.00. The number of quaternary nitrogens is 1. The Morgan fingerprint density at radius 1 is 0.682 bits per heavy atom. The first-order chi connectivity index (χ1) is 10.1. The van der Waals surface area contributed by atoms with Crippen molar-refractivity contribution in [1.82, 2.24) is 0 Å². The molecule has 0 radical (unpaired) electrons. The second kappa shape index (κ2) is 16.1. The van der Waals surface area contributed by atoms with Crippen LogP contribution in [0.2, 0.25) is 0 Å². The average Bonchev–Trinajstić information content (AvgIpc) is 2.46. The highest BCUT2D eigenvalue weighted by molar-refractivity contribution is 4.49. The molecule has 1 unspecified atom stereocenters. The minimum Gasteiger partial charge on any atom is -1.00 e. The zero-order chi connectivity index (χ0) is 16.0. The second-order valence-corrected chi connectivity index (χ2v) is 7.09. The highest BCUT2D eigenvalue weighted by atomic mass is 35.5. The molecule has 0 aliphatic carbocycles. The predicted octanol–water partition coefficient (Wildman–Crippen LogP) is 2.50. The molecule has 22 heavy (non-hydrogen) atoms. The van der Waals surface area contributed by atoms with Gasteiger partial charge in [0, 0.05) is 6.92 Å². The third-order valence-corrected chi connectivity index (χ3v) is 4.95. The van der Waals surface area contributed by atoms with Crippen LogP contribution in [0.5, 0.6) is 0 Å². The Labute approximate surface area is 146 Å². The topological polar surface area (TPSA) is 20.2 Å². The Kier molecular flexibility index (Phi) is 17.9. The van der Waals surface area contributed by atoms with Gasteiger partial charge < -0.3 is 22.0 Å². The average molecular weight is 336 g/mol. The molecule has 0 aromatic carbocycles. The second-order valence-electron chi connectivity index (χ2n) is 7.09. The lowest BCUT2D eigenvalue weighted by Gasteiger charge is -2.37. The van der Waals surface area contributed by atoms with E-state index in [-0.39, 0.29) is 18.6 Å². The Morgan fingerprint density at radius 2 is 1.00 bits per heavy atom. The van der Waals surface area contributed by atoms with Gasteiger partial charge in [0.2, 0.25) is 0 Å². The van der Waals surface area contributed by atoms with Gasteiger partial charge in [0.25, 0.3) is 0 Å². The molecular weight excluding hydrogens is 294 g/mol. The maximum atomic E-state index is 10.1. The summed E-state index contributed by atoms with van der Waals surface area (Å²) in [6.45, 7) is 8.77. The van der Waals surface area contributed by atoms with E-state index in [1.165, 1.54) is 77.0 Å². The zero-order valence-corrected chi connectivity index (χ0v) is 16.5. The number of rotatable bonds is 15. The molecule has 0 aliphatic heterocycles. The van der Waals surface area contributed by atoms with Gasteiger partial charge in [0.15, 0.2) is 6.23 Å². The molecule has 0 rings (SSSR count). The van der Waals surface area contributed by atoms with E-state index in [9.17, 15) is 5.11 Å². The summed E-state index contributed by atoms with van der Waals surface area (Å²) < 4.78 is 0.849. The third kappa shape index (κ3) is 12.7. The van der Waals surface area contributed by atoms with Crippen molar-refractivity contribution in [2.24, 2.45) is 0 Å². The van der Waals surface area contributed by atoms with Crippen molar-refractivity contribution in [3.05, 3.63) is 0 Å². The maximum absolute atomic E-state index is 10.1. The van der Waals surface area contributed by atoms with E-state index in [0.29, 0.717) is 0 Å². The van der Waals surface area contributed by atoms with Crippen molar-refractivity contribution >= 4 is 0 Å². The predicted molar refractivity (Wildman–Crippen MR) is 94.4 cm³/mol. The monoisotopic (exact) mass is 335 g/mol. The van der Waals surface area contributed by atoms with Gasteiger partial charge in [-0.2, -0.15) is 0 Å². The van der Waals surface area contributed by atoms with Gasteiger partial charge in [-0.05, 0) is 25.7 Å². The van der Waals surface area contributed by atoms with Crippen molar-refractivity contribution < 1.29 is 22.0 Å². The molecule has 3 heteroatoms. The number of halogens is 1. The molecule has 1 atom stereocenters. The molecule has 0 saturated carbocycles. The zero-order valence-electron chi connectivity index (χ0n) is 15.7. The van der Waals surface area contributed by atoms with E-state index in [1.807, 2.05) is 6.92 Å². The molecule has 0 aromatic rings. The Balaban J connectivity index is 0. The van der Waals surface area contributed by atoms with Crippen molar-refractivity contribution in [3.63, 3.8) is 0 Å². The number of aliphatic hydroxyl groups is 1. The number of hydrogen-bond donors (Lipinski definition) is 1. The molecule has 0 fully saturated rings. The quantitative estimate of drug-likeness (QED) is 0.277. The standard InChI is InChI=1S/C19H42NO.ClH/c1-5-7-9-11-13-15-17-20(4,19(3)21)18-16-14-12-10-8-6-2;/h19,21H,5-18H2,1-4H3;1H/q+1;/p-1. The number of nitrogens with zero attached hydrogens (tertiary/aromatic N) is 1. The van der Waals surface area contributed by atoms with Crippen LogP contribution in [0.25, 0.3) is 0 Å². The van der Waals surface area contributed by atoms with Crippen LogP contribution < -0.4 is 12.4 Å². The summed E-state index contributed by atoms with van der Waals surface area (Å²) in [5, 5.41) is 10.1. The molecule has 0 heterocycles. The highest BCUT2D eigenvalue weighted by Crippen LogP contribution is 2.16. The number of aliphatic hydroxyl groups excluding tert-OH is 1. The van der Waals surface area contributed by atoms with E-state index in [4.69, 9.17) is 0 Å².